The van der Waals surface area contributed by atoms with Crippen LogP contribution in [0.2, 0.25) is 0 Å². The average Bonchev–Trinajstić information content (AvgIpc) is 2.24. The number of hydrogen-bond acceptors (Lipinski definition) is 4. The summed E-state index contributed by atoms with van der Waals surface area (Å²) in [5.41, 5.74) is 1.07. The fourth-order valence-electron chi connectivity index (χ4n) is 1.53. The predicted molar refractivity (Wildman–Crippen MR) is 68.9 cm³/mol. The molecule has 17 heavy (non-hydrogen) atoms. The SMILES string of the molecule is CC(NCCCS(C)(=O)=O)c1ccc(O)cc1. The molecule has 0 radical (unpaired) electrons. The second-order valence-corrected chi connectivity index (χ2v) is 6.51. The number of hydrogen-bond donors (Lipinski definition) is 2. The van der Waals surface area contributed by atoms with Crippen LogP contribution in [-0.2, 0) is 9.84 Å². The molecule has 0 heterocycles. The molecule has 0 aliphatic rings. The van der Waals surface area contributed by atoms with Crippen LogP contribution in [0.5, 0.6) is 5.75 Å². The van der Waals surface area contributed by atoms with E-state index < -0.39 is 9.84 Å². The van der Waals surface area contributed by atoms with E-state index in [9.17, 15) is 8.42 Å². The Hall–Kier alpha value is -1.07. The highest BCUT2D eigenvalue weighted by atomic mass is 32.2. The molecule has 0 saturated carbocycles. The van der Waals surface area contributed by atoms with Gasteiger partial charge in [0.05, 0.1) is 5.75 Å². The van der Waals surface area contributed by atoms with Crippen LogP contribution in [0.25, 0.3) is 0 Å². The lowest BCUT2D eigenvalue weighted by Gasteiger charge is -2.14. The van der Waals surface area contributed by atoms with Crippen molar-refractivity contribution in [3.05, 3.63) is 29.8 Å². The zero-order chi connectivity index (χ0) is 12.9. The molecule has 1 aromatic carbocycles. The minimum absolute atomic E-state index is 0.148. The number of benzene rings is 1. The Morgan fingerprint density at radius 1 is 1.29 bits per heavy atom. The monoisotopic (exact) mass is 257 g/mol. The second-order valence-electron chi connectivity index (χ2n) is 4.25. The molecule has 2 N–H and O–H groups in total. The van der Waals surface area contributed by atoms with E-state index in [4.69, 9.17) is 5.11 Å². The van der Waals surface area contributed by atoms with Gasteiger partial charge in [0, 0.05) is 12.3 Å². The molecule has 0 bridgehead atoms. The topological polar surface area (TPSA) is 66.4 Å². The van der Waals surface area contributed by atoms with Gasteiger partial charge in [0.25, 0.3) is 0 Å². The van der Waals surface area contributed by atoms with E-state index in [1.165, 1.54) is 6.26 Å². The summed E-state index contributed by atoms with van der Waals surface area (Å²) in [5.74, 6) is 0.459. The lowest BCUT2D eigenvalue weighted by atomic mass is 10.1. The molecule has 5 heteroatoms. The van der Waals surface area contributed by atoms with Crippen molar-refractivity contribution < 1.29 is 13.5 Å². The molecule has 0 aromatic heterocycles. The van der Waals surface area contributed by atoms with Gasteiger partial charge in [-0.05, 0) is 37.6 Å². The molecule has 0 aliphatic heterocycles. The van der Waals surface area contributed by atoms with Crippen LogP contribution in [-0.4, -0.2) is 32.1 Å². The lowest BCUT2D eigenvalue weighted by Crippen LogP contribution is -2.21. The van der Waals surface area contributed by atoms with Gasteiger partial charge in [-0.1, -0.05) is 12.1 Å². The molecule has 0 fully saturated rings. The van der Waals surface area contributed by atoms with E-state index in [0.29, 0.717) is 13.0 Å². The smallest absolute Gasteiger partial charge is 0.147 e. The molecule has 0 saturated heterocycles. The maximum absolute atomic E-state index is 10.9. The van der Waals surface area contributed by atoms with Gasteiger partial charge >= 0.3 is 0 Å². The Morgan fingerprint density at radius 2 is 1.88 bits per heavy atom. The Kier molecular flexibility index (Phi) is 4.96. The van der Waals surface area contributed by atoms with Gasteiger partial charge in [-0.25, -0.2) is 8.42 Å². The van der Waals surface area contributed by atoms with Crippen molar-refractivity contribution in [1.82, 2.24) is 5.32 Å². The Bertz CT molecular complexity index is 439. The van der Waals surface area contributed by atoms with Crippen molar-refractivity contribution in [3.8, 4) is 5.75 Å². The van der Waals surface area contributed by atoms with Crippen molar-refractivity contribution >= 4 is 9.84 Å². The van der Waals surface area contributed by atoms with Crippen molar-refractivity contribution in [2.45, 2.75) is 19.4 Å². The zero-order valence-electron chi connectivity index (χ0n) is 10.2. The summed E-state index contributed by atoms with van der Waals surface area (Å²) in [4.78, 5) is 0. The molecule has 1 rings (SSSR count). The van der Waals surface area contributed by atoms with Gasteiger partial charge in [-0.3, -0.25) is 0 Å². The first-order chi connectivity index (χ1) is 7.88. The van der Waals surface area contributed by atoms with Gasteiger partial charge in [0.1, 0.15) is 15.6 Å². The largest absolute Gasteiger partial charge is 0.508 e. The van der Waals surface area contributed by atoms with Crippen molar-refractivity contribution in [2.75, 3.05) is 18.6 Å². The van der Waals surface area contributed by atoms with E-state index in [0.717, 1.165) is 5.56 Å². The molecule has 4 nitrogen and oxygen atoms in total. The molecule has 1 atom stereocenters. The van der Waals surface area contributed by atoms with Crippen LogP contribution in [0.4, 0.5) is 0 Å². The van der Waals surface area contributed by atoms with Gasteiger partial charge in [0.2, 0.25) is 0 Å². The Morgan fingerprint density at radius 3 is 2.41 bits per heavy atom. The zero-order valence-corrected chi connectivity index (χ0v) is 11.0. The van der Waals surface area contributed by atoms with Crippen molar-refractivity contribution in [1.29, 1.82) is 0 Å². The van der Waals surface area contributed by atoms with E-state index >= 15 is 0 Å². The first kappa shape index (κ1) is 14.0. The molecular weight excluding hydrogens is 238 g/mol. The first-order valence-electron chi connectivity index (χ1n) is 5.58. The Balaban J connectivity index is 2.35. The van der Waals surface area contributed by atoms with Crippen molar-refractivity contribution in [2.24, 2.45) is 0 Å². The summed E-state index contributed by atoms with van der Waals surface area (Å²) in [6.45, 7) is 2.67. The van der Waals surface area contributed by atoms with Crippen LogP contribution in [0, 0.1) is 0 Å². The number of rotatable bonds is 6. The number of sulfone groups is 1. The third kappa shape index (κ3) is 5.70. The lowest BCUT2D eigenvalue weighted by molar-refractivity contribution is 0.474. The molecule has 1 unspecified atom stereocenters. The minimum Gasteiger partial charge on any atom is -0.508 e. The van der Waals surface area contributed by atoms with Gasteiger partial charge in [-0.2, -0.15) is 0 Å². The highest BCUT2D eigenvalue weighted by Gasteiger charge is 2.05. The molecular formula is C12H19NO3S. The first-order valence-corrected chi connectivity index (χ1v) is 7.64. The predicted octanol–water partition coefficient (Wildman–Crippen LogP) is 1.48. The maximum atomic E-state index is 10.9. The quantitative estimate of drug-likeness (QED) is 0.758. The fourth-order valence-corrected chi connectivity index (χ4v) is 2.20. The van der Waals surface area contributed by atoms with E-state index in [1.807, 2.05) is 19.1 Å². The second kappa shape index (κ2) is 6.02. The summed E-state index contributed by atoms with van der Waals surface area (Å²) >= 11 is 0. The van der Waals surface area contributed by atoms with Gasteiger partial charge in [0.15, 0.2) is 0 Å². The third-order valence-corrected chi connectivity index (χ3v) is 3.57. The fraction of sp³-hybridized carbons (Fsp3) is 0.500. The summed E-state index contributed by atoms with van der Waals surface area (Å²) < 4.78 is 21.9. The van der Waals surface area contributed by atoms with Crippen LogP contribution in [0.1, 0.15) is 24.9 Å². The summed E-state index contributed by atoms with van der Waals surface area (Å²) in [7, 11) is -2.87. The summed E-state index contributed by atoms with van der Waals surface area (Å²) in [5, 5.41) is 12.4. The van der Waals surface area contributed by atoms with Gasteiger partial charge in [-0.15, -0.1) is 0 Å². The maximum Gasteiger partial charge on any atom is 0.147 e. The normalized spacial score (nSPS) is 13.5. The average molecular weight is 257 g/mol. The Labute approximate surface area is 103 Å². The molecule has 0 amide bonds. The van der Waals surface area contributed by atoms with Crippen LogP contribution in [0.3, 0.4) is 0 Å². The standard InChI is InChI=1S/C12H19NO3S/c1-10(11-4-6-12(14)7-5-11)13-8-3-9-17(2,15)16/h4-7,10,13-14H,3,8-9H2,1-2H3. The summed E-state index contributed by atoms with van der Waals surface area (Å²) in [6, 6.07) is 7.14. The third-order valence-electron chi connectivity index (χ3n) is 2.54. The highest BCUT2D eigenvalue weighted by Crippen LogP contribution is 2.16. The molecule has 0 aliphatic carbocycles. The minimum atomic E-state index is -2.87. The molecule has 1 aromatic rings. The van der Waals surface area contributed by atoms with Crippen LogP contribution in [0.15, 0.2) is 24.3 Å². The van der Waals surface area contributed by atoms with Crippen LogP contribution < -0.4 is 5.32 Å². The van der Waals surface area contributed by atoms with E-state index in [1.54, 1.807) is 12.1 Å². The van der Waals surface area contributed by atoms with Crippen molar-refractivity contribution in [3.63, 3.8) is 0 Å². The number of phenols is 1. The molecule has 96 valence electrons. The molecule has 0 spiro atoms. The van der Waals surface area contributed by atoms with E-state index in [-0.39, 0.29) is 17.5 Å². The summed E-state index contributed by atoms with van der Waals surface area (Å²) in [6.07, 6.45) is 1.86. The number of aromatic hydroxyl groups is 1. The van der Waals surface area contributed by atoms with Crippen LogP contribution >= 0.6 is 0 Å². The highest BCUT2D eigenvalue weighted by molar-refractivity contribution is 7.90. The van der Waals surface area contributed by atoms with E-state index in [2.05, 4.69) is 5.32 Å². The number of phenolic OH excluding ortho intramolecular Hbond substituents is 1. The van der Waals surface area contributed by atoms with Gasteiger partial charge < -0.3 is 10.4 Å². The number of nitrogens with one attached hydrogen (secondary N) is 1.